The fraction of sp³-hybridized carbons (Fsp3) is 0.571. The first-order chi connectivity index (χ1) is 8.65. The summed E-state index contributed by atoms with van der Waals surface area (Å²) in [7, 11) is 3.26. The van der Waals surface area contributed by atoms with E-state index in [4.69, 9.17) is 21.1 Å². The van der Waals surface area contributed by atoms with Gasteiger partial charge in [0.05, 0.1) is 24.9 Å². The van der Waals surface area contributed by atoms with Crippen molar-refractivity contribution in [2.45, 2.75) is 32.2 Å². The molecule has 1 aliphatic rings. The number of rotatable bonds is 4. The second-order valence-electron chi connectivity index (χ2n) is 4.85. The summed E-state index contributed by atoms with van der Waals surface area (Å²) >= 11 is 6.16. The molecule has 18 heavy (non-hydrogen) atoms. The third-order valence-corrected chi connectivity index (χ3v) is 3.97. The third-order valence-electron chi connectivity index (χ3n) is 3.68. The topological polar surface area (TPSA) is 30.5 Å². The monoisotopic (exact) mass is 269 g/mol. The highest BCUT2D eigenvalue weighted by atomic mass is 35.5. The van der Waals surface area contributed by atoms with Crippen LogP contribution in [0.5, 0.6) is 11.5 Å². The minimum absolute atomic E-state index is 0.503. The minimum atomic E-state index is 0.503. The number of anilines is 1. The van der Waals surface area contributed by atoms with E-state index in [0.717, 1.165) is 11.4 Å². The zero-order valence-corrected chi connectivity index (χ0v) is 11.9. The van der Waals surface area contributed by atoms with E-state index in [1.807, 2.05) is 12.1 Å². The van der Waals surface area contributed by atoms with Crippen LogP contribution in [0, 0.1) is 5.92 Å². The Morgan fingerprint density at radius 1 is 1.17 bits per heavy atom. The van der Waals surface area contributed by atoms with E-state index in [1.54, 1.807) is 14.2 Å². The fourth-order valence-electron chi connectivity index (χ4n) is 2.53. The maximum absolute atomic E-state index is 6.16. The Labute approximate surface area is 113 Å². The second-order valence-corrected chi connectivity index (χ2v) is 5.25. The quantitative estimate of drug-likeness (QED) is 0.898. The Morgan fingerprint density at radius 3 is 2.44 bits per heavy atom. The molecule has 0 aliphatic heterocycles. The Kier molecular flexibility index (Phi) is 4.23. The van der Waals surface area contributed by atoms with Crippen LogP contribution in [0.3, 0.4) is 0 Å². The molecule has 0 heterocycles. The first kappa shape index (κ1) is 13.3. The van der Waals surface area contributed by atoms with Gasteiger partial charge in [-0.3, -0.25) is 0 Å². The summed E-state index contributed by atoms with van der Waals surface area (Å²) in [6.45, 7) is 2.28. The number of ether oxygens (including phenoxy) is 2. The molecule has 0 amide bonds. The molecule has 1 aromatic carbocycles. The van der Waals surface area contributed by atoms with Crippen molar-refractivity contribution < 1.29 is 9.47 Å². The molecule has 1 aromatic rings. The maximum atomic E-state index is 6.16. The Hall–Kier alpha value is -1.09. The van der Waals surface area contributed by atoms with Crippen molar-refractivity contribution >= 4 is 17.3 Å². The zero-order valence-electron chi connectivity index (χ0n) is 11.1. The van der Waals surface area contributed by atoms with Gasteiger partial charge in [0, 0.05) is 12.1 Å². The van der Waals surface area contributed by atoms with E-state index in [1.165, 1.54) is 19.3 Å². The van der Waals surface area contributed by atoms with Crippen molar-refractivity contribution in [2.24, 2.45) is 5.92 Å². The van der Waals surface area contributed by atoms with Gasteiger partial charge >= 0.3 is 0 Å². The van der Waals surface area contributed by atoms with E-state index in [-0.39, 0.29) is 0 Å². The first-order valence-corrected chi connectivity index (χ1v) is 6.71. The number of hydrogen-bond acceptors (Lipinski definition) is 3. The summed E-state index contributed by atoms with van der Waals surface area (Å²) in [4.78, 5) is 0. The molecule has 0 spiro atoms. The number of methoxy groups -OCH3 is 2. The lowest BCUT2D eigenvalue weighted by atomic mass is 10.1. The van der Waals surface area contributed by atoms with Gasteiger partial charge in [-0.15, -0.1) is 0 Å². The van der Waals surface area contributed by atoms with Crippen molar-refractivity contribution in [3.05, 3.63) is 17.2 Å². The van der Waals surface area contributed by atoms with Gasteiger partial charge in [0.2, 0.25) is 0 Å². The van der Waals surface area contributed by atoms with Crippen molar-refractivity contribution in [3.8, 4) is 11.5 Å². The molecule has 2 rings (SSSR count). The van der Waals surface area contributed by atoms with Crippen molar-refractivity contribution in [2.75, 3.05) is 19.5 Å². The smallest absolute Gasteiger partial charge is 0.145 e. The molecule has 0 aromatic heterocycles. The van der Waals surface area contributed by atoms with E-state index >= 15 is 0 Å². The van der Waals surface area contributed by atoms with Crippen molar-refractivity contribution in [1.29, 1.82) is 0 Å². The largest absolute Gasteiger partial charge is 0.495 e. The average molecular weight is 270 g/mol. The number of benzene rings is 1. The van der Waals surface area contributed by atoms with E-state index in [2.05, 4.69) is 12.2 Å². The second kappa shape index (κ2) is 5.70. The molecule has 1 saturated carbocycles. The van der Waals surface area contributed by atoms with Crippen molar-refractivity contribution in [1.82, 2.24) is 0 Å². The summed E-state index contributed by atoms with van der Waals surface area (Å²) in [6.07, 6.45) is 3.77. The maximum Gasteiger partial charge on any atom is 0.145 e. The Morgan fingerprint density at radius 2 is 1.89 bits per heavy atom. The molecule has 0 saturated heterocycles. The highest BCUT2D eigenvalue weighted by Crippen LogP contribution is 2.38. The lowest BCUT2D eigenvalue weighted by Gasteiger charge is -2.21. The summed E-state index contributed by atoms with van der Waals surface area (Å²) in [5.41, 5.74) is 0.946. The highest BCUT2D eigenvalue weighted by Gasteiger charge is 2.24. The van der Waals surface area contributed by atoms with Gasteiger partial charge in [-0.2, -0.15) is 0 Å². The molecule has 0 radical (unpaired) electrons. The lowest BCUT2D eigenvalue weighted by Crippen LogP contribution is -2.22. The van der Waals surface area contributed by atoms with Crippen LogP contribution in [-0.4, -0.2) is 20.3 Å². The Bertz CT molecular complexity index is 423. The minimum Gasteiger partial charge on any atom is -0.495 e. The predicted molar refractivity (Wildman–Crippen MR) is 75.0 cm³/mol. The normalized spacial score (nSPS) is 22.9. The molecule has 1 fully saturated rings. The summed E-state index contributed by atoms with van der Waals surface area (Å²) in [5, 5.41) is 4.14. The molecule has 0 bridgehead atoms. The molecule has 2 unspecified atom stereocenters. The summed E-state index contributed by atoms with van der Waals surface area (Å²) < 4.78 is 10.6. The van der Waals surface area contributed by atoms with Crippen molar-refractivity contribution in [3.63, 3.8) is 0 Å². The van der Waals surface area contributed by atoms with Gasteiger partial charge in [0.25, 0.3) is 0 Å². The van der Waals surface area contributed by atoms with Crippen LogP contribution in [-0.2, 0) is 0 Å². The molecule has 4 heteroatoms. The van der Waals surface area contributed by atoms with Gasteiger partial charge in [0.15, 0.2) is 0 Å². The van der Waals surface area contributed by atoms with Crippen LogP contribution < -0.4 is 14.8 Å². The van der Waals surface area contributed by atoms with Crippen LogP contribution in [0.15, 0.2) is 12.1 Å². The van der Waals surface area contributed by atoms with Gasteiger partial charge in [-0.1, -0.05) is 24.9 Å². The van der Waals surface area contributed by atoms with Crippen LogP contribution in [0.1, 0.15) is 26.2 Å². The molecule has 100 valence electrons. The number of hydrogen-bond donors (Lipinski definition) is 1. The van der Waals surface area contributed by atoms with E-state index in [9.17, 15) is 0 Å². The number of nitrogens with one attached hydrogen (secondary N) is 1. The molecule has 1 aliphatic carbocycles. The average Bonchev–Trinajstić information content (AvgIpc) is 2.75. The molecular formula is C14H20ClNO2. The first-order valence-electron chi connectivity index (χ1n) is 6.33. The molecule has 1 N–H and O–H groups in total. The van der Waals surface area contributed by atoms with Gasteiger partial charge in [0.1, 0.15) is 11.5 Å². The van der Waals surface area contributed by atoms with Crippen LogP contribution in [0.25, 0.3) is 0 Å². The number of halogens is 1. The molecule has 3 nitrogen and oxygen atoms in total. The van der Waals surface area contributed by atoms with Crippen LogP contribution in [0.4, 0.5) is 5.69 Å². The van der Waals surface area contributed by atoms with Gasteiger partial charge in [-0.05, 0) is 24.8 Å². The van der Waals surface area contributed by atoms with Gasteiger partial charge in [-0.25, -0.2) is 0 Å². The standard InChI is InChI=1S/C14H20ClNO2/c1-9-5-4-6-11(9)16-12-7-10(15)13(17-2)8-14(12)18-3/h7-9,11,16H,4-6H2,1-3H3. The third kappa shape index (κ3) is 2.66. The van der Waals surface area contributed by atoms with E-state index < -0.39 is 0 Å². The van der Waals surface area contributed by atoms with E-state index in [0.29, 0.717) is 22.7 Å². The molecule has 2 atom stereocenters. The summed E-state index contributed by atoms with van der Waals surface area (Å²) in [6, 6.07) is 4.21. The predicted octanol–water partition coefficient (Wildman–Crippen LogP) is 3.96. The van der Waals surface area contributed by atoms with Crippen LogP contribution in [0.2, 0.25) is 5.02 Å². The zero-order chi connectivity index (χ0) is 13.1. The Balaban J connectivity index is 2.23. The highest BCUT2D eigenvalue weighted by molar-refractivity contribution is 6.32. The molecular weight excluding hydrogens is 250 g/mol. The SMILES string of the molecule is COc1cc(OC)c(NC2CCCC2C)cc1Cl. The fourth-order valence-corrected chi connectivity index (χ4v) is 2.77. The lowest BCUT2D eigenvalue weighted by molar-refractivity contribution is 0.395. The summed E-state index contributed by atoms with van der Waals surface area (Å²) in [5.74, 6) is 2.10. The van der Waals surface area contributed by atoms with Gasteiger partial charge < -0.3 is 14.8 Å². The van der Waals surface area contributed by atoms with Crippen LogP contribution >= 0.6 is 11.6 Å².